The molecule has 0 unspecified atom stereocenters. The Hall–Kier alpha value is -3.08. The average Bonchev–Trinajstić information content (AvgIpc) is 3.57. The highest BCUT2D eigenvalue weighted by Gasteiger charge is 2.33. The van der Waals surface area contributed by atoms with Gasteiger partial charge >= 0.3 is 0 Å². The zero-order valence-electron chi connectivity index (χ0n) is 17.5. The van der Waals surface area contributed by atoms with Crippen LogP contribution in [0.3, 0.4) is 0 Å². The molecular formula is C22H23N5O3S2. The van der Waals surface area contributed by atoms with E-state index < -0.39 is 6.04 Å². The molecule has 1 N–H and O–H groups in total. The van der Waals surface area contributed by atoms with Gasteiger partial charge in [0.25, 0.3) is 0 Å². The van der Waals surface area contributed by atoms with Crippen LogP contribution in [0.1, 0.15) is 15.8 Å². The number of carbonyl (C=O) groups is 2. The van der Waals surface area contributed by atoms with Crippen LogP contribution in [0.25, 0.3) is 11.0 Å². The summed E-state index contributed by atoms with van der Waals surface area (Å²) in [5, 5.41) is 15.0. The lowest BCUT2D eigenvalue weighted by Crippen LogP contribution is -2.44. The van der Waals surface area contributed by atoms with Crippen molar-refractivity contribution in [2.75, 3.05) is 20.3 Å². The number of thiophene rings is 2. The van der Waals surface area contributed by atoms with Crippen LogP contribution in [0.15, 0.2) is 59.3 Å². The van der Waals surface area contributed by atoms with E-state index >= 15 is 0 Å². The second kappa shape index (κ2) is 10.5. The molecule has 0 spiro atoms. The molecule has 1 aromatic carbocycles. The number of carbonyl (C=O) groups excluding carboxylic acids is 2. The molecule has 0 saturated heterocycles. The van der Waals surface area contributed by atoms with Crippen LogP contribution < -0.4 is 5.32 Å². The summed E-state index contributed by atoms with van der Waals surface area (Å²) in [7, 11) is 1.58. The van der Waals surface area contributed by atoms with Gasteiger partial charge in [-0.15, -0.1) is 27.8 Å². The zero-order valence-corrected chi connectivity index (χ0v) is 19.1. The molecule has 3 heterocycles. The van der Waals surface area contributed by atoms with Crippen molar-refractivity contribution in [2.45, 2.75) is 19.1 Å². The highest BCUT2D eigenvalue weighted by Crippen LogP contribution is 2.29. The third kappa shape index (κ3) is 5.04. The van der Waals surface area contributed by atoms with Gasteiger partial charge in [0.05, 0.1) is 18.7 Å². The number of methoxy groups -OCH3 is 1. The van der Waals surface area contributed by atoms with Gasteiger partial charge in [0.1, 0.15) is 18.1 Å². The van der Waals surface area contributed by atoms with Crippen LogP contribution >= 0.6 is 22.7 Å². The molecule has 0 bridgehead atoms. The van der Waals surface area contributed by atoms with Crippen molar-refractivity contribution >= 4 is 45.5 Å². The Bertz CT molecular complexity index is 1160. The normalized spacial score (nSPS) is 12.0. The fraction of sp³-hybridized carbons (Fsp3) is 0.273. The Balaban J connectivity index is 1.65. The van der Waals surface area contributed by atoms with Crippen molar-refractivity contribution in [1.82, 2.24) is 25.2 Å². The molecular weight excluding hydrogens is 446 g/mol. The van der Waals surface area contributed by atoms with Gasteiger partial charge in [-0.3, -0.25) is 9.59 Å². The fourth-order valence-electron chi connectivity index (χ4n) is 3.39. The number of hydrogen-bond donors (Lipinski definition) is 1. The largest absolute Gasteiger partial charge is 0.383 e. The topological polar surface area (TPSA) is 89.4 Å². The number of rotatable bonds is 10. The lowest BCUT2D eigenvalue weighted by atomic mass is 10.1. The first-order chi connectivity index (χ1) is 15.7. The molecule has 3 aromatic heterocycles. The predicted molar refractivity (Wildman–Crippen MR) is 124 cm³/mol. The monoisotopic (exact) mass is 469 g/mol. The molecule has 8 nitrogen and oxygen atoms in total. The van der Waals surface area contributed by atoms with E-state index in [1.54, 1.807) is 28.0 Å². The van der Waals surface area contributed by atoms with Gasteiger partial charge in [-0.2, -0.15) is 0 Å². The van der Waals surface area contributed by atoms with E-state index in [9.17, 15) is 9.59 Å². The quantitative estimate of drug-likeness (QED) is 0.361. The number of ether oxygens (including phenoxy) is 1. The molecule has 0 aliphatic heterocycles. The van der Waals surface area contributed by atoms with Crippen LogP contribution in [0, 0.1) is 0 Å². The van der Waals surface area contributed by atoms with Crippen LogP contribution in [-0.4, -0.2) is 52.0 Å². The fourth-order valence-corrected chi connectivity index (χ4v) is 4.93. The number of nitrogens with one attached hydrogen (secondary N) is 1. The Morgan fingerprint density at radius 1 is 1.12 bits per heavy atom. The molecule has 0 saturated carbocycles. The molecule has 0 radical (unpaired) electrons. The van der Waals surface area contributed by atoms with E-state index in [1.807, 2.05) is 59.3 Å². The molecule has 4 rings (SSSR count). The average molecular weight is 470 g/mol. The van der Waals surface area contributed by atoms with Crippen molar-refractivity contribution in [2.24, 2.45) is 0 Å². The number of amides is 2. The maximum absolute atomic E-state index is 13.6. The number of para-hydroxylation sites is 1. The SMILES string of the molecule is COCCNC(=O)[C@H](c1cccs1)N(Cc1cccs1)C(=O)Cn1nnc2ccccc21. The van der Waals surface area contributed by atoms with Crippen LogP contribution in [0.2, 0.25) is 0 Å². The summed E-state index contributed by atoms with van der Waals surface area (Å²) < 4.78 is 6.63. The highest BCUT2D eigenvalue weighted by atomic mass is 32.1. The van der Waals surface area contributed by atoms with Crippen LogP contribution in [0.5, 0.6) is 0 Å². The lowest BCUT2D eigenvalue weighted by Gasteiger charge is -2.30. The van der Waals surface area contributed by atoms with Gasteiger partial charge in [-0.25, -0.2) is 4.68 Å². The summed E-state index contributed by atoms with van der Waals surface area (Å²) in [5.74, 6) is -0.452. The lowest BCUT2D eigenvalue weighted by molar-refractivity contribution is -0.142. The zero-order chi connectivity index (χ0) is 22.3. The Morgan fingerprint density at radius 3 is 2.69 bits per heavy atom. The summed E-state index contributed by atoms with van der Waals surface area (Å²) in [4.78, 5) is 30.2. The van der Waals surface area contributed by atoms with Crippen molar-refractivity contribution in [3.63, 3.8) is 0 Å². The molecule has 4 aromatic rings. The van der Waals surface area contributed by atoms with Crippen molar-refractivity contribution < 1.29 is 14.3 Å². The van der Waals surface area contributed by atoms with Crippen molar-refractivity contribution in [3.05, 3.63) is 69.0 Å². The van der Waals surface area contributed by atoms with Gasteiger partial charge in [-0.1, -0.05) is 29.5 Å². The summed E-state index contributed by atoms with van der Waals surface area (Å²) in [6, 6.07) is 14.4. The van der Waals surface area contributed by atoms with Crippen LogP contribution in [0.4, 0.5) is 0 Å². The Kier molecular flexibility index (Phi) is 7.25. The molecule has 0 aliphatic carbocycles. The molecule has 1 atom stereocenters. The summed E-state index contributed by atoms with van der Waals surface area (Å²) in [6.07, 6.45) is 0. The summed E-state index contributed by atoms with van der Waals surface area (Å²) >= 11 is 3.00. The number of aromatic nitrogens is 3. The van der Waals surface area contributed by atoms with E-state index in [0.717, 1.165) is 20.8 Å². The van der Waals surface area contributed by atoms with Crippen molar-refractivity contribution in [1.29, 1.82) is 0 Å². The minimum absolute atomic E-state index is 0.0148. The predicted octanol–water partition coefficient (Wildman–Crippen LogP) is 3.09. The molecule has 0 fully saturated rings. The Labute approximate surface area is 193 Å². The minimum Gasteiger partial charge on any atom is -0.383 e. The molecule has 32 heavy (non-hydrogen) atoms. The second-order valence-corrected chi connectivity index (χ2v) is 9.05. The van der Waals surface area contributed by atoms with Crippen molar-refractivity contribution in [3.8, 4) is 0 Å². The highest BCUT2D eigenvalue weighted by molar-refractivity contribution is 7.10. The smallest absolute Gasteiger partial charge is 0.248 e. The van der Waals surface area contributed by atoms with E-state index in [4.69, 9.17) is 4.74 Å². The van der Waals surface area contributed by atoms with Gasteiger partial charge in [0.2, 0.25) is 11.8 Å². The standard InChI is InChI=1S/C22H23N5O3S2/c1-30-11-10-23-22(29)21(19-9-5-13-32-19)26(14-16-6-4-12-31-16)20(28)15-27-18-8-3-2-7-17(18)24-25-27/h2-9,12-13,21H,10-11,14-15H2,1H3,(H,23,29)/t21-/m0/s1. The van der Waals surface area contributed by atoms with E-state index in [1.165, 1.54) is 11.3 Å². The van der Waals surface area contributed by atoms with Gasteiger partial charge < -0.3 is 15.0 Å². The molecule has 0 aliphatic rings. The number of fused-ring (bicyclic) bond motifs is 1. The minimum atomic E-state index is -0.753. The van der Waals surface area contributed by atoms with E-state index in [-0.39, 0.29) is 18.4 Å². The summed E-state index contributed by atoms with van der Waals surface area (Å²) in [6.45, 7) is 1.07. The molecule has 166 valence electrons. The third-order valence-corrected chi connectivity index (χ3v) is 6.70. The molecule has 10 heteroatoms. The second-order valence-electron chi connectivity index (χ2n) is 7.04. The van der Waals surface area contributed by atoms with Gasteiger partial charge in [-0.05, 0) is 35.0 Å². The first-order valence-corrected chi connectivity index (χ1v) is 11.8. The number of hydrogen-bond acceptors (Lipinski definition) is 7. The summed E-state index contributed by atoms with van der Waals surface area (Å²) in [5.41, 5.74) is 1.49. The van der Waals surface area contributed by atoms with Crippen LogP contribution in [-0.2, 0) is 27.4 Å². The van der Waals surface area contributed by atoms with Gasteiger partial charge in [0, 0.05) is 23.4 Å². The Morgan fingerprint density at radius 2 is 1.94 bits per heavy atom. The maximum Gasteiger partial charge on any atom is 0.248 e. The molecule has 2 amide bonds. The maximum atomic E-state index is 13.6. The van der Waals surface area contributed by atoms with E-state index in [2.05, 4.69) is 15.6 Å². The first kappa shape index (κ1) is 22.1. The first-order valence-electron chi connectivity index (χ1n) is 10.1. The third-order valence-electron chi connectivity index (χ3n) is 4.91. The van der Waals surface area contributed by atoms with Gasteiger partial charge in [0.15, 0.2) is 0 Å². The number of benzene rings is 1. The number of nitrogens with zero attached hydrogens (tertiary/aromatic N) is 4. The van der Waals surface area contributed by atoms with E-state index in [0.29, 0.717) is 19.7 Å².